The van der Waals surface area contributed by atoms with Crippen LogP contribution in [0, 0.1) is 5.82 Å². The summed E-state index contributed by atoms with van der Waals surface area (Å²) in [4.78, 5) is 9.36. The third-order valence-electron chi connectivity index (χ3n) is 5.05. The molecule has 1 unspecified atom stereocenters. The van der Waals surface area contributed by atoms with Gasteiger partial charge in [0.15, 0.2) is 5.65 Å². The van der Waals surface area contributed by atoms with Gasteiger partial charge in [-0.15, -0.1) is 0 Å². The maximum absolute atomic E-state index is 13.3. The molecule has 1 saturated heterocycles. The Morgan fingerprint density at radius 2 is 1.90 bits per heavy atom. The van der Waals surface area contributed by atoms with Crippen LogP contribution in [-0.2, 0) is 4.74 Å². The van der Waals surface area contributed by atoms with Crippen LogP contribution < -0.4 is 10.6 Å². The third-order valence-corrected chi connectivity index (χ3v) is 5.05. The smallest absolute Gasteiger partial charge is 0.226 e. The first-order chi connectivity index (χ1) is 14.8. The molecule has 8 heteroatoms. The van der Waals surface area contributed by atoms with Gasteiger partial charge in [0.25, 0.3) is 0 Å². The summed E-state index contributed by atoms with van der Waals surface area (Å²) < 4.78 is 20.8. The molecule has 3 heterocycles. The molecule has 1 atom stereocenters. The largest absolute Gasteiger partial charge is 0.376 e. The van der Waals surface area contributed by atoms with Gasteiger partial charge in [0, 0.05) is 18.8 Å². The van der Waals surface area contributed by atoms with Gasteiger partial charge in [-0.1, -0.05) is 18.2 Å². The fraction of sp³-hybridized carbons (Fsp3) is 0.227. The normalized spacial score (nSPS) is 16.1. The van der Waals surface area contributed by atoms with Crippen molar-refractivity contribution in [3.8, 4) is 5.69 Å². The van der Waals surface area contributed by atoms with Crippen LogP contribution in [0.15, 0.2) is 60.8 Å². The second-order valence-corrected chi connectivity index (χ2v) is 7.17. The highest BCUT2D eigenvalue weighted by molar-refractivity contribution is 5.90. The quantitative estimate of drug-likeness (QED) is 0.499. The molecule has 0 amide bonds. The number of fused-ring (bicyclic) bond motifs is 1. The number of nitrogens with zero attached hydrogens (tertiary/aromatic N) is 4. The van der Waals surface area contributed by atoms with E-state index in [1.165, 1.54) is 12.1 Å². The third kappa shape index (κ3) is 3.81. The van der Waals surface area contributed by atoms with E-state index in [2.05, 4.69) is 20.7 Å². The van der Waals surface area contributed by atoms with E-state index in [9.17, 15) is 4.39 Å². The minimum Gasteiger partial charge on any atom is -0.376 e. The van der Waals surface area contributed by atoms with Gasteiger partial charge >= 0.3 is 0 Å². The number of hydrogen-bond donors (Lipinski definition) is 2. The van der Waals surface area contributed by atoms with Gasteiger partial charge in [-0.3, -0.25) is 0 Å². The number of hydrogen-bond acceptors (Lipinski definition) is 6. The maximum Gasteiger partial charge on any atom is 0.226 e. The number of rotatable bonds is 6. The molecule has 1 aliphatic heterocycles. The van der Waals surface area contributed by atoms with Crippen LogP contribution >= 0.6 is 0 Å². The number of ether oxygens (including phenoxy) is 1. The summed E-state index contributed by atoms with van der Waals surface area (Å²) in [6.07, 6.45) is 4.00. The summed E-state index contributed by atoms with van der Waals surface area (Å²) >= 11 is 0. The van der Waals surface area contributed by atoms with E-state index in [0.717, 1.165) is 36.2 Å². The van der Waals surface area contributed by atoms with Crippen molar-refractivity contribution in [1.29, 1.82) is 0 Å². The zero-order valence-corrected chi connectivity index (χ0v) is 16.3. The Labute approximate surface area is 172 Å². The van der Waals surface area contributed by atoms with Crippen LogP contribution in [0.4, 0.5) is 21.8 Å². The van der Waals surface area contributed by atoms with Crippen molar-refractivity contribution >= 4 is 28.5 Å². The molecule has 0 bridgehead atoms. The zero-order valence-electron chi connectivity index (χ0n) is 16.3. The minimum absolute atomic E-state index is 0.164. The van der Waals surface area contributed by atoms with E-state index in [1.807, 2.05) is 30.3 Å². The van der Waals surface area contributed by atoms with E-state index in [1.54, 1.807) is 23.0 Å². The first kappa shape index (κ1) is 18.5. The SMILES string of the molecule is Fc1ccc(Nc2nc(NCC3CCCO3)nc3c2cnn3-c2ccccc2)cc1. The van der Waals surface area contributed by atoms with Gasteiger partial charge in [0.1, 0.15) is 11.6 Å². The number of aromatic nitrogens is 4. The number of halogens is 1. The molecule has 2 aromatic carbocycles. The van der Waals surface area contributed by atoms with Crippen molar-refractivity contribution < 1.29 is 9.13 Å². The fourth-order valence-corrected chi connectivity index (χ4v) is 3.52. The number of benzene rings is 2. The van der Waals surface area contributed by atoms with Crippen LogP contribution in [0.2, 0.25) is 0 Å². The molecule has 2 N–H and O–H groups in total. The van der Waals surface area contributed by atoms with Crippen LogP contribution in [0.25, 0.3) is 16.7 Å². The van der Waals surface area contributed by atoms with Crippen LogP contribution in [0.5, 0.6) is 0 Å². The summed E-state index contributed by atoms with van der Waals surface area (Å²) in [5.41, 5.74) is 2.31. The Bertz CT molecular complexity index is 1140. The number of anilines is 3. The highest BCUT2D eigenvalue weighted by Gasteiger charge is 2.18. The second-order valence-electron chi connectivity index (χ2n) is 7.17. The molecule has 7 nitrogen and oxygen atoms in total. The molecule has 0 spiro atoms. The number of para-hydroxylation sites is 1. The molecule has 30 heavy (non-hydrogen) atoms. The minimum atomic E-state index is -0.288. The lowest BCUT2D eigenvalue weighted by atomic mass is 10.2. The monoisotopic (exact) mass is 404 g/mol. The predicted molar refractivity (Wildman–Crippen MR) is 114 cm³/mol. The van der Waals surface area contributed by atoms with E-state index in [0.29, 0.717) is 24.0 Å². The Morgan fingerprint density at radius 3 is 2.67 bits per heavy atom. The molecule has 0 saturated carbocycles. The Hall–Kier alpha value is -3.52. The lowest BCUT2D eigenvalue weighted by molar-refractivity contribution is 0.120. The summed E-state index contributed by atoms with van der Waals surface area (Å²) in [7, 11) is 0. The highest BCUT2D eigenvalue weighted by atomic mass is 19.1. The molecule has 4 aromatic rings. The lowest BCUT2D eigenvalue weighted by Crippen LogP contribution is -2.20. The summed E-state index contributed by atoms with van der Waals surface area (Å²) in [6, 6.07) is 16.0. The van der Waals surface area contributed by atoms with Gasteiger partial charge in [-0.2, -0.15) is 15.1 Å². The lowest BCUT2D eigenvalue weighted by Gasteiger charge is -2.13. The summed E-state index contributed by atoms with van der Waals surface area (Å²) in [6.45, 7) is 1.44. The molecule has 0 aliphatic carbocycles. The first-order valence-corrected chi connectivity index (χ1v) is 9.95. The Balaban J connectivity index is 1.54. The predicted octanol–water partition coefficient (Wildman–Crippen LogP) is 4.29. The van der Waals surface area contributed by atoms with Crippen LogP contribution in [-0.4, -0.2) is 39.0 Å². The standard InChI is InChI=1S/C22H21FN6O/c23-15-8-10-16(11-9-15)26-20-19-14-25-29(17-5-2-1-3-6-17)21(19)28-22(27-20)24-13-18-7-4-12-30-18/h1-3,5-6,8-11,14,18H,4,7,12-13H2,(H2,24,26,27,28). The molecule has 1 aliphatic rings. The van der Waals surface area contributed by atoms with E-state index in [-0.39, 0.29) is 11.9 Å². The van der Waals surface area contributed by atoms with E-state index >= 15 is 0 Å². The average Bonchev–Trinajstić information content (AvgIpc) is 3.44. The van der Waals surface area contributed by atoms with Gasteiger partial charge in [-0.05, 0) is 49.2 Å². The van der Waals surface area contributed by atoms with E-state index < -0.39 is 0 Å². The second kappa shape index (κ2) is 8.08. The average molecular weight is 404 g/mol. The van der Waals surface area contributed by atoms with Crippen LogP contribution in [0.1, 0.15) is 12.8 Å². The molecule has 1 fully saturated rings. The van der Waals surface area contributed by atoms with Crippen molar-refractivity contribution in [2.24, 2.45) is 0 Å². The van der Waals surface area contributed by atoms with Crippen molar-refractivity contribution in [2.45, 2.75) is 18.9 Å². The highest BCUT2D eigenvalue weighted by Crippen LogP contribution is 2.27. The zero-order chi connectivity index (χ0) is 20.3. The first-order valence-electron chi connectivity index (χ1n) is 9.95. The summed E-state index contributed by atoms with van der Waals surface area (Å²) in [5.74, 6) is 0.799. The summed E-state index contributed by atoms with van der Waals surface area (Å²) in [5, 5.41) is 11.9. The molecular formula is C22H21FN6O. The fourth-order valence-electron chi connectivity index (χ4n) is 3.52. The van der Waals surface area contributed by atoms with Crippen LogP contribution in [0.3, 0.4) is 0 Å². The van der Waals surface area contributed by atoms with Crippen molar-refractivity contribution in [1.82, 2.24) is 19.7 Å². The van der Waals surface area contributed by atoms with Crippen molar-refractivity contribution in [2.75, 3.05) is 23.8 Å². The molecular weight excluding hydrogens is 383 g/mol. The van der Waals surface area contributed by atoms with Gasteiger partial charge in [-0.25, -0.2) is 9.07 Å². The topological polar surface area (TPSA) is 76.9 Å². The van der Waals surface area contributed by atoms with Crippen molar-refractivity contribution in [3.63, 3.8) is 0 Å². The maximum atomic E-state index is 13.3. The molecule has 2 aromatic heterocycles. The van der Waals surface area contributed by atoms with Gasteiger partial charge in [0.2, 0.25) is 5.95 Å². The van der Waals surface area contributed by atoms with Gasteiger partial charge < -0.3 is 15.4 Å². The molecule has 152 valence electrons. The Morgan fingerprint density at radius 1 is 1.07 bits per heavy atom. The molecule has 0 radical (unpaired) electrons. The Kier molecular flexibility index (Phi) is 4.98. The number of nitrogens with one attached hydrogen (secondary N) is 2. The van der Waals surface area contributed by atoms with E-state index in [4.69, 9.17) is 9.72 Å². The van der Waals surface area contributed by atoms with Crippen molar-refractivity contribution in [3.05, 3.63) is 66.6 Å². The molecule has 5 rings (SSSR count). The van der Waals surface area contributed by atoms with Gasteiger partial charge in [0.05, 0.1) is 23.4 Å².